The van der Waals surface area contributed by atoms with Gasteiger partial charge >= 0.3 is 6.03 Å². The molecule has 0 aromatic heterocycles. The second kappa shape index (κ2) is 7.24. The van der Waals surface area contributed by atoms with Crippen molar-refractivity contribution in [3.63, 3.8) is 0 Å². The summed E-state index contributed by atoms with van der Waals surface area (Å²) in [6.07, 6.45) is 5.28. The van der Waals surface area contributed by atoms with Crippen LogP contribution in [0.2, 0.25) is 0 Å². The third-order valence-corrected chi connectivity index (χ3v) is 5.73. The maximum atomic E-state index is 12.9. The van der Waals surface area contributed by atoms with Gasteiger partial charge in [-0.05, 0) is 56.6 Å². The number of piperidine rings is 1. The van der Waals surface area contributed by atoms with Gasteiger partial charge in [-0.3, -0.25) is 4.90 Å². The van der Waals surface area contributed by atoms with Gasteiger partial charge < -0.3 is 15.0 Å². The molecule has 1 saturated carbocycles. The van der Waals surface area contributed by atoms with Gasteiger partial charge in [-0.15, -0.1) is 0 Å². The summed E-state index contributed by atoms with van der Waals surface area (Å²) in [5.41, 5.74) is 0.765. The SMILES string of the molecule is CCOc1ccccc1NC(=O)N1C[C@@H]2CC[C@H](C1)N(CC1CC1)C2. The van der Waals surface area contributed by atoms with E-state index in [0.717, 1.165) is 30.4 Å². The summed E-state index contributed by atoms with van der Waals surface area (Å²) >= 11 is 0. The number of fused-ring (bicyclic) bond motifs is 4. The number of rotatable bonds is 5. The van der Waals surface area contributed by atoms with Crippen molar-refractivity contribution >= 4 is 11.7 Å². The van der Waals surface area contributed by atoms with Crippen molar-refractivity contribution in [1.82, 2.24) is 9.80 Å². The molecule has 0 spiro atoms. The molecule has 1 N–H and O–H groups in total. The van der Waals surface area contributed by atoms with Crippen LogP contribution in [0.25, 0.3) is 0 Å². The number of hydrogen-bond acceptors (Lipinski definition) is 3. The van der Waals surface area contributed by atoms with E-state index in [0.29, 0.717) is 18.6 Å². The number of amides is 2. The average Bonchev–Trinajstić information content (AvgIpc) is 3.44. The molecular weight excluding hydrogens is 314 g/mol. The fourth-order valence-corrected chi connectivity index (χ4v) is 4.25. The number of para-hydroxylation sites is 2. The summed E-state index contributed by atoms with van der Waals surface area (Å²) in [6.45, 7) is 6.69. The van der Waals surface area contributed by atoms with Gasteiger partial charge in [0.1, 0.15) is 5.75 Å². The zero-order valence-corrected chi connectivity index (χ0v) is 15.1. The standard InChI is InChI=1S/C20H29N3O2/c1-2-25-19-6-4-3-5-18(19)21-20(24)23-13-16-9-10-17(14-23)22(12-16)11-15-7-8-15/h3-6,15-17H,2,7-14H2,1H3,(H,21,24)/t16-,17-/m1/s1. The molecule has 2 atom stereocenters. The van der Waals surface area contributed by atoms with Crippen LogP contribution in [-0.2, 0) is 0 Å². The number of anilines is 1. The molecule has 3 heterocycles. The Morgan fingerprint density at radius 2 is 2.00 bits per heavy atom. The molecule has 25 heavy (non-hydrogen) atoms. The Hall–Kier alpha value is -1.75. The van der Waals surface area contributed by atoms with Gasteiger partial charge in [-0.2, -0.15) is 0 Å². The monoisotopic (exact) mass is 343 g/mol. The van der Waals surface area contributed by atoms with E-state index in [-0.39, 0.29) is 6.03 Å². The first-order valence-electron chi connectivity index (χ1n) is 9.74. The summed E-state index contributed by atoms with van der Waals surface area (Å²) < 4.78 is 5.63. The van der Waals surface area contributed by atoms with Crippen molar-refractivity contribution in [2.24, 2.45) is 11.8 Å². The van der Waals surface area contributed by atoms with E-state index in [4.69, 9.17) is 4.74 Å². The van der Waals surface area contributed by atoms with Gasteiger partial charge in [0.25, 0.3) is 0 Å². The zero-order chi connectivity index (χ0) is 17.2. The van der Waals surface area contributed by atoms with E-state index in [9.17, 15) is 4.79 Å². The number of urea groups is 1. The predicted molar refractivity (Wildman–Crippen MR) is 99.0 cm³/mol. The summed E-state index contributed by atoms with van der Waals surface area (Å²) in [5.74, 6) is 2.27. The second-order valence-electron chi connectivity index (χ2n) is 7.76. The van der Waals surface area contributed by atoms with Gasteiger partial charge in [0.15, 0.2) is 0 Å². The first-order valence-corrected chi connectivity index (χ1v) is 9.74. The zero-order valence-electron chi connectivity index (χ0n) is 15.1. The molecule has 0 radical (unpaired) electrons. The molecule has 3 saturated heterocycles. The molecular formula is C20H29N3O2. The van der Waals surface area contributed by atoms with Crippen molar-refractivity contribution in [2.45, 2.75) is 38.6 Å². The van der Waals surface area contributed by atoms with Crippen LogP contribution >= 0.6 is 0 Å². The third-order valence-electron chi connectivity index (χ3n) is 5.73. The van der Waals surface area contributed by atoms with E-state index in [1.807, 2.05) is 36.1 Å². The molecule has 136 valence electrons. The quantitative estimate of drug-likeness (QED) is 0.891. The summed E-state index contributed by atoms with van der Waals surface area (Å²) in [6, 6.07) is 8.23. The molecule has 2 amide bonds. The highest BCUT2D eigenvalue weighted by Crippen LogP contribution is 2.35. The highest BCUT2D eigenvalue weighted by Gasteiger charge is 2.38. The van der Waals surface area contributed by atoms with Gasteiger partial charge in [0, 0.05) is 32.2 Å². The summed E-state index contributed by atoms with van der Waals surface area (Å²) in [5, 5.41) is 3.07. The van der Waals surface area contributed by atoms with Crippen molar-refractivity contribution in [3.05, 3.63) is 24.3 Å². The van der Waals surface area contributed by atoms with E-state index in [1.54, 1.807) is 0 Å². The topological polar surface area (TPSA) is 44.8 Å². The molecule has 1 aromatic rings. The Morgan fingerprint density at radius 1 is 1.16 bits per heavy atom. The van der Waals surface area contributed by atoms with Crippen molar-refractivity contribution in [2.75, 3.05) is 38.1 Å². The lowest BCUT2D eigenvalue weighted by atomic mass is 9.95. The lowest BCUT2D eigenvalue weighted by Crippen LogP contribution is -2.45. The van der Waals surface area contributed by atoms with E-state index < -0.39 is 0 Å². The Morgan fingerprint density at radius 3 is 2.80 bits per heavy atom. The lowest BCUT2D eigenvalue weighted by molar-refractivity contribution is 0.126. The Kier molecular flexibility index (Phi) is 4.84. The van der Waals surface area contributed by atoms with Crippen LogP contribution in [0, 0.1) is 11.8 Å². The molecule has 0 unspecified atom stereocenters. The van der Waals surface area contributed by atoms with Crippen LogP contribution < -0.4 is 10.1 Å². The maximum absolute atomic E-state index is 12.9. The number of nitrogens with zero attached hydrogens (tertiary/aromatic N) is 2. The van der Waals surface area contributed by atoms with Crippen molar-refractivity contribution in [3.8, 4) is 5.75 Å². The average molecular weight is 343 g/mol. The molecule has 1 aliphatic carbocycles. The van der Waals surface area contributed by atoms with E-state index in [2.05, 4.69) is 10.2 Å². The number of hydrogen-bond donors (Lipinski definition) is 1. The lowest BCUT2D eigenvalue weighted by Gasteiger charge is -2.36. The minimum atomic E-state index is 0.0114. The fourth-order valence-electron chi connectivity index (χ4n) is 4.25. The minimum absolute atomic E-state index is 0.0114. The Balaban J connectivity index is 1.42. The number of ether oxygens (including phenoxy) is 1. The molecule has 4 aliphatic rings. The fraction of sp³-hybridized carbons (Fsp3) is 0.650. The highest BCUT2D eigenvalue weighted by atomic mass is 16.5. The van der Waals surface area contributed by atoms with Crippen LogP contribution in [0.5, 0.6) is 5.75 Å². The van der Waals surface area contributed by atoms with Crippen LogP contribution in [0.15, 0.2) is 24.3 Å². The Labute approximate surface area is 150 Å². The van der Waals surface area contributed by atoms with Crippen LogP contribution in [-0.4, -0.2) is 54.7 Å². The first kappa shape index (κ1) is 16.7. The van der Waals surface area contributed by atoms with Crippen molar-refractivity contribution in [1.29, 1.82) is 0 Å². The van der Waals surface area contributed by atoms with Crippen LogP contribution in [0.4, 0.5) is 10.5 Å². The largest absolute Gasteiger partial charge is 0.492 e. The van der Waals surface area contributed by atoms with E-state index in [1.165, 1.54) is 38.8 Å². The summed E-state index contributed by atoms with van der Waals surface area (Å²) in [4.78, 5) is 17.6. The second-order valence-corrected chi connectivity index (χ2v) is 7.76. The number of carbonyl (C=O) groups excluding carboxylic acids is 1. The van der Waals surface area contributed by atoms with Crippen LogP contribution in [0.3, 0.4) is 0 Å². The molecule has 5 nitrogen and oxygen atoms in total. The molecule has 5 rings (SSSR count). The molecule has 3 aliphatic heterocycles. The molecule has 1 aromatic carbocycles. The highest BCUT2D eigenvalue weighted by molar-refractivity contribution is 5.91. The third kappa shape index (κ3) is 3.92. The number of nitrogens with one attached hydrogen (secondary N) is 1. The van der Waals surface area contributed by atoms with Gasteiger partial charge in [0.05, 0.1) is 12.3 Å². The molecule has 4 fully saturated rings. The van der Waals surface area contributed by atoms with Gasteiger partial charge in [0.2, 0.25) is 0 Å². The van der Waals surface area contributed by atoms with Gasteiger partial charge in [-0.25, -0.2) is 4.79 Å². The molecule has 2 bridgehead atoms. The Bertz CT molecular complexity index is 617. The van der Waals surface area contributed by atoms with E-state index >= 15 is 0 Å². The smallest absolute Gasteiger partial charge is 0.322 e. The van der Waals surface area contributed by atoms with Crippen molar-refractivity contribution < 1.29 is 9.53 Å². The molecule has 5 heteroatoms. The normalized spacial score (nSPS) is 26.4. The van der Waals surface area contributed by atoms with Gasteiger partial charge in [-0.1, -0.05) is 12.1 Å². The number of carbonyl (C=O) groups is 1. The van der Waals surface area contributed by atoms with Crippen LogP contribution in [0.1, 0.15) is 32.6 Å². The minimum Gasteiger partial charge on any atom is -0.492 e. The predicted octanol–water partition coefficient (Wildman–Crippen LogP) is 3.42. The first-order chi connectivity index (χ1) is 12.2. The summed E-state index contributed by atoms with van der Waals surface area (Å²) in [7, 11) is 0. The maximum Gasteiger partial charge on any atom is 0.322 e. The number of benzene rings is 1.